The molecule has 1 fully saturated rings. The molecule has 1 aromatic carbocycles. The monoisotopic (exact) mass is 371 g/mol. The van der Waals surface area contributed by atoms with Crippen molar-refractivity contribution in [3.63, 3.8) is 0 Å². The number of nitrogen functional groups attached to an aromatic ring is 1. The molecule has 1 aliphatic rings. The van der Waals surface area contributed by atoms with E-state index < -0.39 is 36.0 Å². The third-order valence-electron chi connectivity index (χ3n) is 4.62. The second kappa shape index (κ2) is 7.43. The minimum atomic E-state index is -1.83. The summed E-state index contributed by atoms with van der Waals surface area (Å²) in [6, 6.07) is 8.30. The Morgan fingerprint density at radius 2 is 2.15 bits per heavy atom. The first kappa shape index (κ1) is 19.0. The highest BCUT2D eigenvalue weighted by Crippen LogP contribution is 2.37. The maximum absolute atomic E-state index is 13.3. The SMILES string of the molecule is C=CCc1cn([C@@]2(C(=O)c3ccccc3)C[C@H](O)[C@@H](CO)O2)c(=O)nc1N. The van der Waals surface area contributed by atoms with Crippen molar-refractivity contribution in [3.05, 3.63) is 70.8 Å². The van der Waals surface area contributed by atoms with Gasteiger partial charge in [-0.25, -0.2) is 4.79 Å². The number of carbonyl (C=O) groups is 1. The molecule has 0 spiro atoms. The van der Waals surface area contributed by atoms with Gasteiger partial charge in [0.2, 0.25) is 11.5 Å². The predicted octanol–water partition coefficient (Wildman–Crippen LogP) is 0.232. The quantitative estimate of drug-likeness (QED) is 0.490. The van der Waals surface area contributed by atoms with Gasteiger partial charge in [0.25, 0.3) is 0 Å². The van der Waals surface area contributed by atoms with Gasteiger partial charge in [-0.2, -0.15) is 4.98 Å². The zero-order chi connectivity index (χ0) is 19.6. The van der Waals surface area contributed by atoms with Crippen LogP contribution in [-0.4, -0.2) is 44.4 Å². The van der Waals surface area contributed by atoms with Crippen LogP contribution in [0.4, 0.5) is 5.82 Å². The number of ether oxygens (including phenoxy) is 1. The fraction of sp³-hybridized carbons (Fsp3) is 0.316. The fourth-order valence-electron chi connectivity index (χ4n) is 3.25. The first-order valence-corrected chi connectivity index (χ1v) is 8.49. The summed E-state index contributed by atoms with van der Waals surface area (Å²) >= 11 is 0. The molecule has 8 nitrogen and oxygen atoms in total. The molecule has 2 aromatic rings. The average Bonchev–Trinajstić information content (AvgIpc) is 3.01. The van der Waals surface area contributed by atoms with Crippen molar-refractivity contribution >= 4 is 11.6 Å². The highest BCUT2D eigenvalue weighted by molar-refractivity contribution is 6.01. The second-order valence-electron chi connectivity index (χ2n) is 6.39. The Labute approximate surface area is 155 Å². The maximum Gasteiger partial charge on any atom is 0.352 e. The van der Waals surface area contributed by atoms with E-state index in [2.05, 4.69) is 11.6 Å². The van der Waals surface area contributed by atoms with Gasteiger partial charge in [0.1, 0.15) is 11.9 Å². The van der Waals surface area contributed by atoms with Gasteiger partial charge in [-0.15, -0.1) is 6.58 Å². The molecule has 1 saturated heterocycles. The van der Waals surface area contributed by atoms with Crippen LogP contribution in [0.15, 0.2) is 54.0 Å². The van der Waals surface area contributed by atoms with Gasteiger partial charge in [0.05, 0.1) is 12.7 Å². The van der Waals surface area contributed by atoms with Crippen molar-refractivity contribution in [1.29, 1.82) is 0 Å². The number of benzene rings is 1. The molecule has 8 heteroatoms. The van der Waals surface area contributed by atoms with Crippen LogP contribution in [0.2, 0.25) is 0 Å². The lowest BCUT2D eigenvalue weighted by Crippen LogP contribution is -2.49. The number of nitrogens with two attached hydrogens (primary N) is 1. The zero-order valence-electron chi connectivity index (χ0n) is 14.6. The van der Waals surface area contributed by atoms with E-state index in [1.165, 1.54) is 6.20 Å². The van der Waals surface area contributed by atoms with E-state index in [-0.39, 0.29) is 12.2 Å². The summed E-state index contributed by atoms with van der Waals surface area (Å²) in [5, 5.41) is 19.8. The first-order valence-electron chi connectivity index (χ1n) is 8.49. The lowest BCUT2D eigenvalue weighted by Gasteiger charge is -2.30. The highest BCUT2D eigenvalue weighted by Gasteiger charge is 2.53. The van der Waals surface area contributed by atoms with Gasteiger partial charge in [0.15, 0.2) is 0 Å². The molecule has 0 saturated carbocycles. The topological polar surface area (TPSA) is 128 Å². The van der Waals surface area contributed by atoms with E-state index in [1.54, 1.807) is 36.4 Å². The number of hydrogen-bond acceptors (Lipinski definition) is 7. The molecule has 0 unspecified atom stereocenters. The smallest absolute Gasteiger partial charge is 0.352 e. The summed E-state index contributed by atoms with van der Waals surface area (Å²) in [6.07, 6.45) is 0.986. The van der Waals surface area contributed by atoms with Crippen molar-refractivity contribution in [2.75, 3.05) is 12.3 Å². The number of aromatic nitrogens is 2. The van der Waals surface area contributed by atoms with Crippen LogP contribution in [0.25, 0.3) is 0 Å². The molecule has 2 heterocycles. The largest absolute Gasteiger partial charge is 0.394 e. The third-order valence-corrected chi connectivity index (χ3v) is 4.62. The summed E-state index contributed by atoms with van der Waals surface area (Å²) in [7, 11) is 0. The van der Waals surface area contributed by atoms with Crippen LogP contribution < -0.4 is 11.4 Å². The van der Waals surface area contributed by atoms with Gasteiger partial charge in [-0.05, 0) is 6.42 Å². The lowest BCUT2D eigenvalue weighted by atomic mass is 9.96. The zero-order valence-corrected chi connectivity index (χ0v) is 14.6. The van der Waals surface area contributed by atoms with E-state index in [0.717, 1.165) is 4.57 Å². The summed E-state index contributed by atoms with van der Waals surface area (Å²) in [5.41, 5.74) is 3.98. The molecule has 4 N–H and O–H groups in total. The molecule has 1 aromatic heterocycles. The van der Waals surface area contributed by atoms with E-state index in [1.807, 2.05) is 0 Å². The van der Waals surface area contributed by atoms with Gasteiger partial charge in [0, 0.05) is 23.7 Å². The van der Waals surface area contributed by atoms with Gasteiger partial charge < -0.3 is 20.7 Å². The fourth-order valence-corrected chi connectivity index (χ4v) is 3.25. The van der Waals surface area contributed by atoms with Gasteiger partial charge in [-0.3, -0.25) is 9.36 Å². The number of hydrogen-bond donors (Lipinski definition) is 3. The Balaban J connectivity index is 2.20. The number of allylic oxidation sites excluding steroid dienone is 1. The Hall–Kier alpha value is -2.81. The molecule has 1 aliphatic heterocycles. The minimum absolute atomic E-state index is 0.0377. The van der Waals surface area contributed by atoms with Crippen LogP contribution in [0.1, 0.15) is 22.3 Å². The molecule has 142 valence electrons. The van der Waals surface area contributed by atoms with Crippen molar-refractivity contribution in [1.82, 2.24) is 9.55 Å². The van der Waals surface area contributed by atoms with Gasteiger partial charge >= 0.3 is 5.69 Å². The minimum Gasteiger partial charge on any atom is -0.394 e. The number of ketones is 1. The van der Waals surface area contributed by atoms with Crippen LogP contribution in [-0.2, 0) is 16.9 Å². The molecule has 0 radical (unpaired) electrons. The normalized spacial score (nSPS) is 24.7. The molecular weight excluding hydrogens is 350 g/mol. The molecule has 27 heavy (non-hydrogen) atoms. The van der Waals surface area contributed by atoms with E-state index in [0.29, 0.717) is 17.5 Å². The highest BCUT2D eigenvalue weighted by atomic mass is 16.6. The standard InChI is InChI=1S/C19H21N3O5/c1-2-6-13-10-22(18(26)21-17(13)20)19(9-14(24)15(11-23)27-19)16(25)12-7-4-3-5-8-12/h2-5,7-8,10,14-15,23-24H,1,6,9,11H2,(H2,20,21,26)/t14-,15+,19-/m0/s1. The third kappa shape index (κ3) is 3.30. The summed E-state index contributed by atoms with van der Waals surface area (Å²) in [5.74, 6) is -0.480. The Bertz CT molecular complexity index is 911. The summed E-state index contributed by atoms with van der Waals surface area (Å²) < 4.78 is 6.83. The molecule has 3 rings (SSSR count). The van der Waals surface area contributed by atoms with Crippen LogP contribution >= 0.6 is 0 Å². The van der Waals surface area contributed by atoms with E-state index in [9.17, 15) is 19.8 Å². The number of anilines is 1. The van der Waals surface area contributed by atoms with Crippen molar-refractivity contribution < 1.29 is 19.7 Å². The summed E-state index contributed by atoms with van der Waals surface area (Å²) in [6.45, 7) is 3.14. The first-order chi connectivity index (χ1) is 12.9. The number of aliphatic hydroxyl groups excluding tert-OH is 2. The Morgan fingerprint density at radius 3 is 2.74 bits per heavy atom. The van der Waals surface area contributed by atoms with Gasteiger partial charge in [-0.1, -0.05) is 36.4 Å². The molecule has 0 amide bonds. The number of rotatable bonds is 6. The van der Waals surface area contributed by atoms with Crippen LogP contribution in [0, 0.1) is 0 Å². The van der Waals surface area contributed by atoms with Crippen molar-refractivity contribution in [2.45, 2.75) is 30.8 Å². The summed E-state index contributed by atoms with van der Waals surface area (Å²) in [4.78, 5) is 29.7. The Kier molecular flexibility index (Phi) is 5.22. The number of nitrogens with zero attached hydrogens (tertiary/aromatic N) is 2. The van der Waals surface area contributed by atoms with Crippen LogP contribution in [0.5, 0.6) is 0 Å². The average molecular weight is 371 g/mol. The Morgan fingerprint density at radius 1 is 1.44 bits per heavy atom. The predicted molar refractivity (Wildman–Crippen MR) is 98.1 cm³/mol. The lowest BCUT2D eigenvalue weighted by molar-refractivity contribution is -0.0936. The van der Waals surface area contributed by atoms with Crippen molar-refractivity contribution in [3.8, 4) is 0 Å². The van der Waals surface area contributed by atoms with E-state index >= 15 is 0 Å². The van der Waals surface area contributed by atoms with E-state index in [4.69, 9.17) is 10.5 Å². The van der Waals surface area contributed by atoms with Crippen molar-refractivity contribution in [2.24, 2.45) is 0 Å². The number of aliphatic hydroxyl groups is 2. The number of Topliss-reactive ketones (excluding diaryl/α,β-unsaturated/α-hetero) is 1. The second-order valence-corrected chi connectivity index (χ2v) is 6.39. The molecular formula is C19H21N3O5. The molecule has 0 aliphatic carbocycles. The number of carbonyl (C=O) groups excluding carboxylic acids is 1. The maximum atomic E-state index is 13.3. The molecule has 3 atom stereocenters. The molecule has 0 bridgehead atoms. The van der Waals surface area contributed by atoms with Crippen LogP contribution in [0.3, 0.4) is 0 Å².